The zero-order valence-electron chi connectivity index (χ0n) is 12.4. The minimum absolute atomic E-state index is 0.341. The van der Waals surface area contributed by atoms with Crippen LogP contribution >= 0.6 is 15.9 Å². The molecule has 0 aliphatic carbocycles. The number of halogens is 1. The normalized spacial score (nSPS) is 11.3. The van der Waals surface area contributed by atoms with E-state index >= 15 is 0 Å². The Morgan fingerprint density at radius 3 is 2.53 bits per heavy atom. The molecule has 1 aromatic heterocycles. The zero-order valence-corrected chi connectivity index (χ0v) is 14.0. The van der Waals surface area contributed by atoms with E-state index in [9.17, 15) is 0 Å². The Kier molecular flexibility index (Phi) is 7.31. The third-order valence-corrected chi connectivity index (χ3v) is 3.49. The maximum absolute atomic E-state index is 4.52. The maximum atomic E-state index is 4.52. The van der Waals surface area contributed by atoms with Gasteiger partial charge in [0.2, 0.25) is 0 Å². The van der Waals surface area contributed by atoms with Crippen LogP contribution in [0.3, 0.4) is 0 Å². The number of anilines is 1. The summed E-state index contributed by atoms with van der Waals surface area (Å²) in [6, 6.07) is 1.93. The molecule has 0 aromatic carbocycles. The van der Waals surface area contributed by atoms with E-state index in [-0.39, 0.29) is 0 Å². The van der Waals surface area contributed by atoms with Crippen molar-refractivity contribution in [3.8, 4) is 0 Å². The molecule has 1 rings (SSSR count). The van der Waals surface area contributed by atoms with Crippen molar-refractivity contribution in [1.82, 2.24) is 14.9 Å². The molecule has 0 radical (unpaired) electrons. The smallest absolute Gasteiger partial charge is 0.134 e. The summed E-state index contributed by atoms with van der Waals surface area (Å²) in [5.74, 6) is 2.12. The molecular formula is C14H25BrN4. The molecule has 1 heterocycles. The van der Waals surface area contributed by atoms with E-state index in [0.717, 1.165) is 48.8 Å². The molecule has 0 aliphatic rings. The molecule has 0 saturated carbocycles. The molecule has 0 atom stereocenters. The van der Waals surface area contributed by atoms with Crippen LogP contribution in [-0.4, -0.2) is 41.0 Å². The van der Waals surface area contributed by atoms with Crippen LogP contribution in [0.2, 0.25) is 0 Å². The number of nitrogens with zero attached hydrogens (tertiary/aromatic N) is 3. The molecule has 0 aliphatic heterocycles. The van der Waals surface area contributed by atoms with Gasteiger partial charge < -0.3 is 10.2 Å². The number of aromatic nitrogens is 2. The Hall–Kier alpha value is -0.680. The molecule has 0 fully saturated rings. The number of hydrogen-bond acceptors (Lipinski definition) is 4. The third-order valence-electron chi connectivity index (χ3n) is 3.08. The van der Waals surface area contributed by atoms with Gasteiger partial charge in [-0.2, -0.15) is 0 Å². The van der Waals surface area contributed by atoms with Gasteiger partial charge in [0.1, 0.15) is 16.2 Å². The standard InChI is InChI=1S/C14H25BrN4/c1-5-19(6-2)9-7-8-16-13-10-12(15)17-14(18-13)11(3)4/h10-11H,5-9H2,1-4H3,(H,16,17,18). The van der Waals surface area contributed by atoms with Crippen LogP contribution in [0.15, 0.2) is 10.7 Å². The average Bonchev–Trinajstić information content (AvgIpc) is 2.38. The summed E-state index contributed by atoms with van der Waals surface area (Å²) < 4.78 is 0.845. The van der Waals surface area contributed by atoms with Gasteiger partial charge in [-0.1, -0.05) is 27.7 Å². The maximum Gasteiger partial charge on any atom is 0.134 e. The highest BCUT2D eigenvalue weighted by Crippen LogP contribution is 2.17. The van der Waals surface area contributed by atoms with Crippen molar-refractivity contribution in [2.75, 3.05) is 31.5 Å². The second-order valence-corrected chi connectivity index (χ2v) is 5.71. The second-order valence-electron chi connectivity index (χ2n) is 4.90. The van der Waals surface area contributed by atoms with Gasteiger partial charge >= 0.3 is 0 Å². The first-order valence-corrected chi connectivity index (χ1v) is 7.86. The SMILES string of the molecule is CCN(CC)CCCNc1cc(Br)nc(C(C)C)n1. The number of rotatable bonds is 8. The lowest BCUT2D eigenvalue weighted by Crippen LogP contribution is -2.25. The lowest BCUT2D eigenvalue weighted by atomic mass is 10.2. The van der Waals surface area contributed by atoms with Crippen LogP contribution in [0.4, 0.5) is 5.82 Å². The van der Waals surface area contributed by atoms with Crippen LogP contribution in [0.1, 0.15) is 45.9 Å². The van der Waals surface area contributed by atoms with Gasteiger partial charge in [-0.25, -0.2) is 9.97 Å². The lowest BCUT2D eigenvalue weighted by Gasteiger charge is -2.18. The summed E-state index contributed by atoms with van der Waals surface area (Å²) in [4.78, 5) is 11.3. The summed E-state index contributed by atoms with van der Waals surface area (Å²) in [6.45, 7) is 12.9. The minimum Gasteiger partial charge on any atom is -0.370 e. The molecule has 108 valence electrons. The quantitative estimate of drug-likeness (QED) is 0.585. The van der Waals surface area contributed by atoms with E-state index in [0.29, 0.717) is 5.92 Å². The molecule has 0 unspecified atom stereocenters. The molecule has 0 bridgehead atoms. The molecule has 4 nitrogen and oxygen atoms in total. The van der Waals surface area contributed by atoms with Crippen molar-refractivity contribution >= 4 is 21.7 Å². The monoisotopic (exact) mass is 328 g/mol. The fraction of sp³-hybridized carbons (Fsp3) is 0.714. The van der Waals surface area contributed by atoms with E-state index in [1.54, 1.807) is 0 Å². The molecule has 0 amide bonds. The van der Waals surface area contributed by atoms with Gasteiger partial charge in [-0.3, -0.25) is 0 Å². The van der Waals surface area contributed by atoms with E-state index in [4.69, 9.17) is 0 Å². The summed E-state index contributed by atoms with van der Waals surface area (Å²) >= 11 is 3.44. The van der Waals surface area contributed by atoms with Crippen LogP contribution in [-0.2, 0) is 0 Å². The summed E-state index contributed by atoms with van der Waals surface area (Å²) in [6.07, 6.45) is 1.13. The fourth-order valence-corrected chi connectivity index (χ4v) is 2.24. The average molecular weight is 329 g/mol. The number of nitrogens with one attached hydrogen (secondary N) is 1. The Bertz CT molecular complexity index is 378. The topological polar surface area (TPSA) is 41.0 Å². The highest BCUT2D eigenvalue weighted by molar-refractivity contribution is 9.10. The van der Waals surface area contributed by atoms with Crippen molar-refractivity contribution < 1.29 is 0 Å². The predicted octanol–water partition coefficient (Wildman–Crippen LogP) is 3.51. The Labute approximate surface area is 125 Å². The minimum atomic E-state index is 0.341. The van der Waals surface area contributed by atoms with Crippen LogP contribution in [0.25, 0.3) is 0 Å². The van der Waals surface area contributed by atoms with Gasteiger partial charge in [-0.05, 0) is 42.0 Å². The number of hydrogen-bond donors (Lipinski definition) is 1. The van der Waals surface area contributed by atoms with Crippen molar-refractivity contribution in [2.45, 2.75) is 40.0 Å². The Balaban J connectivity index is 2.45. The van der Waals surface area contributed by atoms with Crippen molar-refractivity contribution in [1.29, 1.82) is 0 Å². The highest BCUT2D eigenvalue weighted by Gasteiger charge is 2.06. The van der Waals surface area contributed by atoms with Gasteiger partial charge in [0.25, 0.3) is 0 Å². The summed E-state index contributed by atoms with van der Waals surface area (Å²) in [7, 11) is 0. The van der Waals surface area contributed by atoms with E-state index in [1.165, 1.54) is 0 Å². The Morgan fingerprint density at radius 1 is 1.26 bits per heavy atom. The van der Waals surface area contributed by atoms with Crippen LogP contribution in [0, 0.1) is 0 Å². The van der Waals surface area contributed by atoms with Crippen molar-refractivity contribution in [3.05, 3.63) is 16.5 Å². The molecule has 1 aromatic rings. The van der Waals surface area contributed by atoms with E-state index < -0.39 is 0 Å². The Morgan fingerprint density at radius 2 is 1.95 bits per heavy atom. The molecule has 5 heteroatoms. The van der Waals surface area contributed by atoms with Crippen molar-refractivity contribution in [3.63, 3.8) is 0 Å². The largest absolute Gasteiger partial charge is 0.370 e. The summed E-state index contributed by atoms with van der Waals surface area (Å²) in [5.41, 5.74) is 0. The van der Waals surface area contributed by atoms with Crippen molar-refractivity contribution in [2.24, 2.45) is 0 Å². The van der Waals surface area contributed by atoms with Crippen LogP contribution in [0.5, 0.6) is 0 Å². The van der Waals surface area contributed by atoms with Gasteiger partial charge in [-0.15, -0.1) is 0 Å². The van der Waals surface area contributed by atoms with E-state index in [1.807, 2.05) is 6.07 Å². The first kappa shape index (κ1) is 16.4. The first-order chi connectivity index (χ1) is 9.06. The summed E-state index contributed by atoms with van der Waals surface area (Å²) in [5, 5.41) is 3.38. The molecule has 0 spiro atoms. The van der Waals surface area contributed by atoms with Crippen LogP contribution < -0.4 is 5.32 Å². The fourth-order valence-electron chi connectivity index (χ4n) is 1.84. The van der Waals surface area contributed by atoms with E-state index in [2.05, 4.69) is 63.8 Å². The predicted molar refractivity (Wildman–Crippen MR) is 84.7 cm³/mol. The van der Waals surface area contributed by atoms with Gasteiger partial charge in [0.05, 0.1) is 0 Å². The molecule has 1 N–H and O–H groups in total. The van der Waals surface area contributed by atoms with Gasteiger partial charge in [0.15, 0.2) is 0 Å². The molecule has 19 heavy (non-hydrogen) atoms. The second kappa shape index (κ2) is 8.48. The van der Waals surface area contributed by atoms with Gasteiger partial charge in [0, 0.05) is 18.5 Å². The highest BCUT2D eigenvalue weighted by atomic mass is 79.9. The zero-order chi connectivity index (χ0) is 14.3. The molecular weight excluding hydrogens is 304 g/mol. The first-order valence-electron chi connectivity index (χ1n) is 7.07. The molecule has 0 saturated heterocycles. The lowest BCUT2D eigenvalue weighted by molar-refractivity contribution is 0.303. The third kappa shape index (κ3) is 5.87.